The molecule has 0 radical (unpaired) electrons. The maximum absolute atomic E-state index is 12.6. The molecule has 0 unspecified atom stereocenters. The molecule has 0 aliphatic rings. The van der Waals surface area contributed by atoms with Gasteiger partial charge in [0.05, 0.1) is 0 Å². The van der Waals surface area contributed by atoms with Crippen LogP contribution in [0.1, 0.15) is 24.1 Å². The van der Waals surface area contributed by atoms with Crippen molar-refractivity contribution < 1.29 is 13.0 Å². The summed E-state index contributed by atoms with van der Waals surface area (Å²) >= 11 is 0. The van der Waals surface area contributed by atoms with Gasteiger partial charge >= 0.3 is 0 Å². The van der Waals surface area contributed by atoms with Crippen molar-refractivity contribution in [2.45, 2.75) is 24.8 Å². The Hall–Kier alpha value is -2.25. The molecule has 1 N–H and O–H groups in total. The Bertz CT molecular complexity index is 918. The van der Waals surface area contributed by atoms with E-state index in [9.17, 15) is 8.42 Å². The first-order valence-electron chi connectivity index (χ1n) is 6.77. The highest BCUT2D eigenvalue weighted by atomic mass is 32.2. The van der Waals surface area contributed by atoms with Gasteiger partial charge in [-0.05, 0) is 41.9 Å². The number of benzene rings is 2. The topological polar surface area (TPSA) is 85.1 Å². The van der Waals surface area contributed by atoms with E-state index in [1.54, 1.807) is 19.1 Å². The number of fused-ring (bicyclic) bond motifs is 1. The molecule has 0 amide bonds. The number of aryl methyl sites for hydroxylation is 1. The van der Waals surface area contributed by atoms with Crippen LogP contribution in [0.3, 0.4) is 0 Å². The molecule has 22 heavy (non-hydrogen) atoms. The van der Waals surface area contributed by atoms with Crippen molar-refractivity contribution in [3.63, 3.8) is 0 Å². The molecule has 7 heteroatoms. The predicted molar refractivity (Wildman–Crippen MR) is 81.7 cm³/mol. The van der Waals surface area contributed by atoms with Gasteiger partial charge in [0.15, 0.2) is 5.52 Å². The van der Waals surface area contributed by atoms with E-state index in [1.807, 2.05) is 31.2 Å². The van der Waals surface area contributed by atoms with Crippen LogP contribution in [0.15, 0.2) is 52.0 Å². The molecule has 114 valence electrons. The Labute approximate surface area is 128 Å². The molecule has 0 fully saturated rings. The summed E-state index contributed by atoms with van der Waals surface area (Å²) in [5.74, 6) is 0. The van der Waals surface area contributed by atoms with Gasteiger partial charge in [-0.15, -0.1) is 0 Å². The summed E-state index contributed by atoms with van der Waals surface area (Å²) in [6.45, 7) is 3.76. The SMILES string of the molecule is Cc1cccc([C@H](C)NS(=O)(=O)c2cccc3nonc23)c1. The minimum absolute atomic E-state index is 0.0609. The summed E-state index contributed by atoms with van der Waals surface area (Å²) in [6, 6.07) is 12.1. The van der Waals surface area contributed by atoms with Gasteiger partial charge in [0.25, 0.3) is 0 Å². The lowest BCUT2D eigenvalue weighted by atomic mass is 10.1. The first-order valence-corrected chi connectivity index (χ1v) is 8.26. The molecule has 2 aromatic carbocycles. The lowest BCUT2D eigenvalue weighted by Gasteiger charge is -2.15. The van der Waals surface area contributed by atoms with E-state index >= 15 is 0 Å². The van der Waals surface area contributed by atoms with Crippen molar-refractivity contribution in [3.8, 4) is 0 Å². The summed E-state index contributed by atoms with van der Waals surface area (Å²) in [4.78, 5) is 0.0609. The van der Waals surface area contributed by atoms with E-state index in [1.165, 1.54) is 6.07 Å². The number of aromatic nitrogens is 2. The normalized spacial score (nSPS) is 13.4. The Kier molecular flexibility index (Phi) is 3.67. The fourth-order valence-corrected chi connectivity index (χ4v) is 3.68. The van der Waals surface area contributed by atoms with Crippen LogP contribution >= 0.6 is 0 Å². The van der Waals surface area contributed by atoms with Crippen molar-refractivity contribution in [1.29, 1.82) is 0 Å². The number of sulfonamides is 1. The van der Waals surface area contributed by atoms with Crippen LogP contribution in [0.2, 0.25) is 0 Å². The van der Waals surface area contributed by atoms with Gasteiger partial charge in [0, 0.05) is 6.04 Å². The van der Waals surface area contributed by atoms with Gasteiger partial charge in [0.2, 0.25) is 10.0 Å². The highest BCUT2D eigenvalue weighted by Crippen LogP contribution is 2.22. The number of hydrogen-bond donors (Lipinski definition) is 1. The predicted octanol–water partition coefficient (Wildman–Crippen LogP) is 2.57. The third-order valence-electron chi connectivity index (χ3n) is 3.41. The van der Waals surface area contributed by atoms with Crippen LogP contribution in [0.25, 0.3) is 11.0 Å². The second-order valence-electron chi connectivity index (χ2n) is 5.15. The monoisotopic (exact) mass is 317 g/mol. The molecular weight excluding hydrogens is 302 g/mol. The molecule has 0 aliphatic heterocycles. The lowest BCUT2D eigenvalue weighted by Crippen LogP contribution is -2.27. The van der Waals surface area contributed by atoms with Crippen molar-refractivity contribution in [1.82, 2.24) is 15.0 Å². The van der Waals surface area contributed by atoms with Crippen molar-refractivity contribution in [2.75, 3.05) is 0 Å². The van der Waals surface area contributed by atoms with Crippen molar-refractivity contribution in [2.24, 2.45) is 0 Å². The first kappa shape index (κ1) is 14.7. The maximum Gasteiger partial charge on any atom is 0.243 e. The van der Waals surface area contributed by atoms with Crippen LogP contribution in [0.5, 0.6) is 0 Å². The molecule has 1 heterocycles. The summed E-state index contributed by atoms with van der Waals surface area (Å²) < 4.78 is 32.5. The zero-order chi connectivity index (χ0) is 15.7. The standard InChI is InChI=1S/C15H15N3O3S/c1-10-5-3-6-12(9-10)11(2)18-22(19,20)14-8-4-7-13-15(14)17-21-16-13/h3-9,11,18H,1-2H3/t11-/m0/s1. The van der Waals surface area contributed by atoms with Crippen LogP contribution in [0, 0.1) is 6.92 Å². The quantitative estimate of drug-likeness (QED) is 0.799. The van der Waals surface area contributed by atoms with Crippen LogP contribution in [-0.2, 0) is 10.0 Å². The largest absolute Gasteiger partial charge is 0.243 e. The van der Waals surface area contributed by atoms with Gasteiger partial charge in [-0.2, -0.15) is 0 Å². The van der Waals surface area contributed by atoms with Gasteiger partial charge in [-0.25, -0.2) is 17.8 Å². The summed E-state index contributed by atoms with van der Waals surface area (Å²) in [7, 11) is -3.73. The van der Waals surface area contributed by atoms with Gasteiger partial charge in [-0.1, -0.05) is 35.9 Å². The van der Waals surface area contributed by atoms with E-state index in [0.29, 0.717) is 5.52 Å². The lowest BCUT2D eigenvalue weighted by molar-refractivity contribution is 0.315. The molecular formula is C15H15N3O3S. The molecule has 3 rings (SSSR count). The van der Waals surface area contributed by atoms with Gasteiger partial charge in [0.1, 0.15) is 10.4 Å². The molecule has 0 saturated heterocycles. The highest BCUT2D eigenvalue weighted by Gasteiger charge is 2.22. The van der Waals surface area contributed by atoms with Crippen LogP contribution in [-0.4, -0.2) is 18.7 Å². The Morgan fingerprint density at radius 3 is 2.68 bits per heavy atom. The third kappa shape index (κ3) is 2.72. The van der Waals surface area contributed by atoms with Crippen molar-refractivity contribution in [3.05, 3.63) is 53.6 Å². The summed E-state index contributed by atoms with van der Waals surface area (Å²) in [6.07, 6.45) is 0. The molecule has 1 aromatic heterocycles. The van der Waals surface area contributed by atoms with E-state index in [2.05, 4.69) is 19.7 Å². The summed E-state index contributed by atoms with van der Waals surface area (Å²) in [5, 5.41) is 7.34. The number of nitrogens with one attached hydrogen (secondary N) is 1. The van der Waals surface area contributed by atoms with Crippen molar-refractivity contribution >= 4 is 21.1 Å². The number of hydrogen-bond acceptors (Lipinski definition) is 5. The van der Waals surface area contributed by atoms with E-state index in [4.69, 9.17) is 0 Å². The Balaban J connectivity index is 1.95. The molecule has 0 spiro atoms. The first-order chi connectivity index (χ1) is 10.5. The van der Waals surface area contributed by atoms with Crippen LogP contribution in [0.4, 0.5) is 0 Å². The minimum Gasteiger partial charge on any atom is -0.243 e. The van der Waals surface area contributed by atoms with Crippen LogP contribution < -0.4 is 4.72 Å². The third-order valence-corrected chi connectivity index (χ3v) is 4.98. The molecule has 0 aliphatic carbocycles. The molecule has 6 nitrogen and oxygen atoms in total. The Morgan fingerprint density at radius 2 is 1.91 bits per heavy atom. The fraction of sp³-hybridized carbons (Fsp3) is 0.200. The fourth-order valence-electron chi connectivity index (χ4n) is 2.30. The molecule has 1 atom stereocenters. The zero-order valence-corrected chi connectivity index (χ0v) is 13.0. The second-order valence-corrected chi connectivity index (χ2v) is 6.83. The molecule has 0 bridgehead atoms. The van der Waals surface area contributed by atoms with E-state index in [0.717, 1.165) is 11.1 Å². The average Bonchev–Trinajstić information content (AvgIpc) is 2.94. The average molecular weight is 317 g/mol. The highest BCUT2D eigenvalue weighted by molar-refractivity contribution is 7.89. The number of nitrogens with zero attached hydrogens (tertiary/aromatic N) is 2. The molecule has 3 aromatic rings. The second kappa shape index (κ2) is 5.51. The van der Waals surface area contributed by atoms with E-state index < -0.39 is 10.0 Å². The summed E-state index contributed by atoms with van der Waals surface area (Å²) in [5.41, 5.74) is 2.61. The van der Waals surface area contributed by atoms with E-state index in [-0.39, 0.29) is 16.5 Å². The Morgan fingerprint density at radius 1 is 1.14 bits per heavy atom. The zero-order valence-electron chi connectivity index (χ0n) is 12.1. The minimum atomic E-state index is -3.73. The smallest absolute Gasteiger partial charge is 0.243 e. The van der Waals surface area contributed by atoms with Gasteiger partial charge < -0.3 is 0 Å². The maximum atomic E-state index is 12.6. The number of rotatable bonds is 4. The molecule has 0 saturated carbocycles. The van der Waals surface area contributed by atoms with Gasteiger partial charge in [-0.3, -0.25) is 0 Å².